The maximum atomic E-state index is 13.1. The third-order valence-electron chi connectivity index (χ3n) is 3.77. The minimum Gasteiger partial charge on any atom is -0.502 e. The van der Waals surface area contributed by atoms with Crippen molar-refractivity contribution < 1.29 is 23.8 Å². The number of ether oxygens (including phenoxy) is 1. The van der Waals surface area contributed by atoms with Crippen molar-refractivity contribution in [2.24, 2.45) is 0 Å². The van der Waals surface area contributed by atoms with Gasteiger partial charge in [-0.05, 0) is 42.3 Å². The molecule has 24 heavy (non-hydrogen) atoms. The van der Waals surface area contributed by atoms with Gasteiger partial charge in [0.1, 0.15) is 11.6 Å². The van der Waals surface area contributed by atoms with Gasteiger partial charge in [0.05, 0.1) is 18.4 Å². The van der Waals surface area contributed by atoms with E-state index in [0.29, 0.717) is 5.75 Å². The lowest BCUT2D eigenvalue weighted by molar-refractivity contribution is -0.121. The molecule has 1 aliphatic heterocycles. The number of benzene rings is 2. The van der Waals surface area contributed by atoms with Gasteiger partial charge in [-0.1, -0.05) is 18.2 Å². The minimum absolute atomic E-state index is 0.163. The van der Waals surface area contributed by atoms with Crippen molar-refractivity contribution in [1.29, 1.82) is 0 Å². The number of carbonyl (C=O) groups is 2. The van der Waals surface area contributed by atoms with Crippen molar-refractivity contribution in [1.82, 2.24) is 0 Å². The molecule has 0 atom stereocenters. The lowest BCUT2D eigenvalue weighted by Gasteiger charge is -2.18. The Morgan fingerprint density at radius 3 is 2.33 bits per heavy atom. The highest BCUT2D eigenvalue weighted by atomic mass is 19.1. The summed E-state index contributed by atoms with van der Waals surface area (Å²) in [5.41, 5.74) is 1.17. The summed E-state index contributed by atoms with van der Waals surface area (Å²) in [6, 6.07) is 10.0. The number of hydrogen-bond donors (Lipinski definition) is 1. The van der Waals surface area contributed by atoms with Crippen LogP contribution in [0.4, 0.5) is 10.1 Å². The van der Waals surface area contributed by atoms with Gasteiger partial charge in [-0.2, -0.15) is 0 Å². The van der Waals surface area contributed by atoms with Gasteiger partial charge in [0.25, 0.3) is 5.91 Å². The van der Waals surface area contributed by atoms with E-state index < -0.39 is 23.4 Å². The minimum atomic E-state index is -0.844. The fourth-order valence-corrected chi connectivity index (χ4v) is 2.59. The lowest BCUT2D eigenvalue weighted by atomic mass is 10.1. The zero-order valence-corrected chi connectivity index (χ0v) is 13.0. The third-order valence-corrected chi connectivity index (χ3v) is 3.77. The topological polar surface area (TPSA) is 66.8 Å². The molecular weight excluding hydrogens is 313 g/mol. The zero-order chi connectivity index (χ0) is 17.4. The fraction of sp³-hybridized carbons (Fsp3) is 0.111. The molecular formula is C18H14FNO4. The fourth-order valence-electron chi connectivity index (χ4n) is 2.59. The molecule has 0 fully saturated rings. The Morgan fingerprint density at radius 2 is 1.71 bits per heavy atom. The Bertz CT molecular complexity index is 871. The van der Waals surface area contributed by atoms with Crippen molar-refractivity contribution >= 4 is 23.1 Å². The van der Waals surface area contributed by atoms with Crippen LogP contribution in [-0.2, 0) is 9.59 Å². The van der Waals surface area contributed by atoms with Gasteiger partial charge in [0.2, 0.25) is 0 Å². The molecule has 2 aromatic carbocycles. The molecule has 1 heterocycles. The van der Waals surface area contributed by atoms with Crippen LogP contribution in [0.15, 0.2) is 48.2 Å². The van der Waals surface area contributed by atoms with E-state index in [0.717, 1.165) is 22.6 Å². The van der Waals surface area contributed by atoms with Gasteiger partial charge < -0.3 is 9.84 Å². The molecule has 0 unspecified atom stereocenters. The predicted molar refractivity (Wildman–Crippen MR) is 86.2 cm³/mol. The van der Waals surface area contributed by atoms with Gasteiger partial charge in [-0.15, -0.1) is 0 Å². The predicted octanol–water partition coefficient (Wildman–Crippen LogP) is 2.99. The Balaban J connectivity index is 2.09. The first-order chi connectivity index (χ1) is 11.4. The van der Waals surface area contributed by atoms with Crippen LogP contribution < -0.4 is 9.64 Å². The Morgan fingerprint density at radius 1 is 1.04 bits per heavy atom. The molecule has 6 heteroatoms. The van der Waals surface area contributed by atoms with E-state index in [4.69, 9.17) is 4.74 Å². The number of methoxy groups -OCH3 is 1. The van der Waals surface area contributed by atoms with Gasteiger partial charge in [-0.25, -0.2) is 9.29 Å². The van der Waals surface area contributed by atoms with Crippen LogP contribution in [0.25, 0.3) is 5.57 Å². The van der Waals surface area contributed by atoms with Crippen LogP contribution in [-0.4, -0.2) is 24.0 Å². The van der Waals surface area contributed by atoms with Gasteiger partial charge in [-0.3, -0.25) is 9.59 Å². The van der Waals surface area contributed by atoms with Gasteiger partial charge in [0, 0.05) is 0 Å². The van der Waals surface area contributed by atoms with Crippen LogP contribution in [0.3, 0.4) is 0 Å². The average molecular weight is 327 g/mol. The maximum absolute atomic E-state index is 13.1. The summed E-state index contributed by atoms with van der Waals surface area (Å²) in [6.45, 7) is 1.81. The molecule has 2 amide bonds. The number of amides is 2. The summed E-state index contributed by atoms with van der Waals surface area (Å²) < 4.78 is 18.3. The maximum Gasteiger partial charge on any atom is 0.301 e. The van der Waals surface area contributed by atoms with Crippen molar-refractivity contribution in [3.63, 3.8) is 0 Å². The molecule has 0 saturated carbocycles. The first kappa shape index (κ1) is 15.7. The number of hydrogen-bond acceptors (Lipinski definition) is 4. The number of nitrogens with zero attached hydrogens (tertiary/aromatic N) is 1. The van der Waals surface area contributed by atoms with E-state index in [-0.39, 0.29) is 16.8 Å². The van der Waals surface area contributed by atoms with Crippen LogP contribution >= 0.6 is 0 Å². The largest absolute Gasteiger partial charge is 0.502 e. The zero-order valence-electron chi connectivity index (χ0n) is 13.0. The monoisotopic (exact) mass is 327 g/mol. The highest BCUT2D eigenvalue weighted by Gasteiger charge is 2.41. The van der Waals surface area contributed by atoms with E-state index in [1.807, 2.05) is 6.92 Å². The Labute approximate surface area is 137 Å². The second kappa shape index (κ2) is 5.81. The molecule has 0 spiro atoms. The van der Waals surface area contributed by atoms with Crippen molar-refractivity contribution in [2.75, 3.05) is 12.0 Å². The molecule has 0 saturated heterocycles. The smallest absolute Gasteiger partial charge is 0.301 e. The molecule has 3 rings (SSSR count). The molecule has 5 nitrogen and oxygen atoms in total. The van der Waals surface area contributed by atoms with E-state index in [9.17, 15) is 19.1 Å². The van der Waals surface area contributed by atoms with Crippen molar-refractivity contribution in [3.8, 4) is 5.75 Å². The second-order valence-corrected chi connectivity index (χ2v) is 5.35. The number of aliphatic hydroxyl groups is 1. The number of rotatable bonds is 3. The standard InChI is InChI=1S/C18H14FNO4/c1-10-3-8-14(24-2)13(9-10)20-17(22)15(16(21)18(20)23)11-4-6-12(19)7-5-11/h3-9,21H,1-2H3. The van der Waals surface area contributed by atoms with Gasteiger partial charge in [0.15, 0.2) is 5.76 Å². The normalized spacial score (nSPS) is 14.5. The molecule has 1 N–H and O–H groups in total. The number of imide groups is 1. The Hall–Kier alpha value is -3.15. The Kier molecular flexibility index (Phi) is 3.81. The van der Waals surface area contributed by atoms with Crippen LogP contribution in [0, 0.1) is 12.7 Å². The molecule has 2 aromatic rings. The summed E-state index contributed by atoms with van der Waals surface area (Å²) in [7, 11) is 1.42. The van der Waals surface area contributed by atoms with Crippen LogP contribution in [0.1, 0.15) is 11.1 Å². The number of aryl methyl sites for hydroxylation is 1. The van der Waals surface area contributed by atoms with Gasteiger partial charge >= 0.3 is 5.91 Å². The van der Waals surface area contributed by atoms with E-state index in [1.54, 1.807) is 18.2 Å². The van der Waals surface area contributed by atoms with Crippen molar-refractivity contribution in [3.05, 3.63) is 65.2 Å². The average Bonchev–Trinajstić information content (AvgIpc) is 2.78. The summed E-state index contributed by atoms with van der Waals surface area (Å²) in [4.78, 5) is 26.0. The summed E-state index contributed by atoms with van der Waals surface area (Å²) in [6.07, 6.45) is 0. The molecule has 0 radical (unpaired) electrons. The van der Waals surface area contributed by atoms with E-state index in [2.05, 4.69) is 0 Å². The summed E-state index contributed by atoms with van der Waals surface area (Å²) in [5, 5.41) is 10.1. The number of anilines is 1. The first-order valence-electron chi connectivity index (χ1n) is 7.16. The first-order valence-corrected chi connectivity index (χ1v) is 7.16. The quantitative estimate of drug-likeness (QED) is 0.880. The second-order valence-electron chi connectivity index (χ2n) is 5.35. The van der Waals surface area contributed by atoms with Crippen LogP contribution in [0.5, 0.6) is 5.75 Å². The molecule has 0 aliphatic carbocycles. The molecule has 0 bridgehead atoms. The molecule has 122 valence electrons. The highest BCUT2D eigenvalue weighted by molar-refractivity contribution is 6.45. The summed E-state index contributed by atoms with van der Waals surface area (Å²) >= 11 is 0. The third kappa shape index (κ3) is 2.42. The SMILES string of the molecule is COc1ccc(C)cc1N1C(=O)C(O)=C(c2ccc(F)cc2)C1=O. The molecule has 1 aliphatic rings. The van der Waals surface area contributed by atoms with Crippen molar-refractivity contribution in [2.45, 2.75) is 6.92 Å². The summed E-state index contributed by atoms with van der Waals surface area (Å²) in [5.74, 6) is -2.35. The number of carbonyl (C=O) groups excluding carboxylic acids is 2. The van der Waals surface area contributed by atoms with E-state index in [1.165, 1.54) is 19.2 Å². The van der Waals surface area contributed by atoms with Crippen LogP contribution in [0.2, 0.25) is 0 Å². The number of halogens is 1. The molecule has 0 aromatic heterocycles. The number of aliphatic hydroxyl groups excluding tert-OH is 1. The highest BCUT2D eigenvalue weighted by Crippen LogP contribution is 2.37. The lowest BCUT2D eigenvalue weighted by Crippen LogP contribution is -2.32. The van der Waals surface area contributed by atoms with E-state index >= 15 is 0 Å².